The third kappa shape index (κ3) is 3.61. The molecule has 1 aliphatic rings. The average Bonchev–Trinajstić information content (AvgIpc) is 2.54. The first-order valence-electron chi connectivity index (χ1n) is 6.92. The van der Waals surface area contributed by atoms with Crippen molar-refractivity contribution in [2.45, 2.75) is 24.3 Å². The normalized spacial score (nSPS) is 19.5. The molecule has 7 heteroatoms. The molecular weight excluding hydrogens is 292 g/mol. The van der Waals surface area contributed by atoms with Crippen molar-refractivity contribution < 1.29 is 17.9 Å². The lowest BCUT2D eigenvalue weighted by molar-refractivity contribution is -0.0226. The third-order valence-corrected chi connectivity index (χ3v) is 4.99. The molecule has 2 rings (SSSR count). The van der Waals surface area contributed by atoms with Crippen LogP contribution in [0, 0.1) is 0 Å². The highest BCUT2D eigenvalue weighted by atomic mass is 32.2. The predicted molar refractivity (Wildman–Crippen MR) is 78.6 cm³/mol. The molecule has 0 radical (unpaired) electrons. The Balaban J connectivity index is 2.13. The van der Waals surface area contributed by atoms with Crippen LogP contribution in [0.2, 0.25) is 0 Å². The average molecular weight is 312 g/mol. The second kappa shape index (κ2) is 6.55. The molecule has 21 heavy (non-hydrogen) atoms. The molecule has 1 aromatic carbocycles. The van der Waals surface area contributed by atoms with Gasteiger partial charge in [-0.05, 0) is 37.7 Å². The molecule has 0 spiro atoms. The highest BCUT2D eigenvalue weighted by molar-refractivity contribution is 7.89. The van der Waals surface area contributed by atoms with Crippen LogP contribution in [0.25, 0.3) is 0 Å². The molecular formula is C14H20N2O4S. The molecule has 0 bridgehead atoms. The van der Waals surface area contributed by atoms with Crippen LogP contribution in [0.1, 0.15) is 23.7 Å². The molecule has 1 aromatic rings. The van der Waals surface area contributed by atoms with E-state index >= 15 is 0 Å². The fourth-order valence-corrected chi connectivity index (χ4v) is 2.96. The fourth-order valence-electron chi connectivity index (χ4n) is 2.23. The zero-order valence-electron chi connectivity index (χ0n) is 12.2. The molecule has 0 unspecified atom stereocenters. The number of sulfonamides is 1. The first-order chi connectivity index (χ1) is 9.97. The maximum Gasteiger partial charge on any atom is 0.254 e. The van der Waals surface area contributed by atoms with E-state index in [4.69, 9.17) is 4.74 Å². The minimum atomic E-state index is -3.47. The summed E-state index contributed by atoms with van der Waals surface area (Å²) in [5.74, 6) is -0.0924. The van der Waals surface area contributed by atoms with Gasteiger partial charge in [0, 0.05) is 18.7 Å². The van der Waals surface area contributed by atoms with Crippen LogP contribution >= 0.6 is 0 Å². The van der Waals surface area contributed by atoms with Crippen molar-refractivity contribution in [1.82, 2.24) is 9.62 Å². The summed E-state index contributed by atoms with van der Waals surface area (Å²) in [5, 5.41) is 0. The summed E-state index contributed by atoms with van der Waals surface area (Å²) in [6.45, 7) is 3.70. The SMILES string of the molecule is CC[C@H]1CN(C(=O)c2ccc(S(=O)(=O)NC)cc2)CCO1. The first kappa shape index (κ1) is 15.9. The number of carbonyl (C=O) groups is 1. The molecule has 1 aliphatic heterocycles. The lowest BCUT2D eigenvalue weighted by atomic mass is 10.1. The molecule has 1 saturated heterocycles. The zero-order chi connectivity index (χ0) is 15.5. The largest absolute Gasteiger partial charge is 0.375 e. The third-order valence-electron chi connectivity index (χ3n) is 3.56. The van der Waals surface area contributed by atoms with Gasteiger partial charge in [0.25, 0.3) is 5.91 Å². The quantitative estimate of drug-likeness (QED) is 0.894. The molecule has 1 atom stereocenters. The molecule has 0 aliphatic carbocycles. The Morgan fingerprint density at radius 3 is 2.62 bits per heavy atom. The van der Waals surface area contributed by atoms with Crippen LogP contribution in [-0.4, -0.2) is 52.1 Å². The van der Waals surface area contributed by atoms with Crippen LogP contribution in [0.5, 0.6) is 0 Å². The van der Waals surface area contributed by atoms with Gasteiger partial charge >= 0.3 is 0 Å². The van der Waals surface area contributed by atoms with E-state index < -0.39 is 10.0 Å². The molecule has 1 N–H and O–H groups in total. The van der Waals surface area contributed by atoms with Crippen molar-refractivity contribution in [3.63, 3.8) is 0 Å². The molecule has 1 heterocycles. The minimum absolute atomic E-state index is 0.0756. The molecule has 1 amide bonds. The second-order valence-corrected chi connectivity index (χ2v) is 6.77. The Morgan fingerprint density at radius 1 is 1.38 bits per heavy atom. The van der Waals surface area contributed by atoms with Crippen molar-refractivity contribution in [3.8, 4) is 0 Å². The zero-order valence-corrected chi connectivity index (χ0v) is 13.0. The summed E-state index contributed by atoms with van der Waals surface area (Å²) in [5.41, 5.74) is 0.488. The second-order valence-electron chi connectivity index (χ2n) is 4.88. The van der Waals surface area contributed by atoms with Crippen molar-refractivity contribution in [3.05, 3.63) is 29.8 Å². The highest BCUT2D eigenvalue weighted by Crippen LogP contribution is 2.15. The number of hydrogen-bond acceptors (Lipinski definition) is 4. The van der Waals surface area contributed by atoms with Gasteiger partial charge in [-0.2, -0.15) is 0 Å². The summed E-state index contributed by atoms with van der Waals surface area (Å²) in [6, 6.07) is 5.97. The van der Waals surface area contributed by atoms with E-state index in [-0.39, 0.29) is 16.9 Å². The van der Waals surface area contributed by atoms with E-state index in [1.807, 2.05) is 6.92 Å². The van der Waals surface area contributed by atoms with Gasteiger partial charge < -0.3 is 9.64 Å². The summed E-state index contributed by atoms with van der Waals surface area (Å²) in [6.07, 6.45) is 0.940. The summed E-state index contributed by atoms with van der Waals surface area (Å²) >= 11 is 0. The summed E-state index contributed by atoms with van der Waals surface area (Å²) < 4.78 is 31.1. The van der Waals surface area contributed by atoms with E-state index in [0.29, 0.717) is 25.3 Å². The van der Waals surface area contributed by atoms with E-state index in [1.165, 1.54) is 19.2 Å². The summed E-state index contributed by atoms with van der Waals surface area (Å²) in [7, 11) is -2.12. The van der Waals surface area contributed by atoms with Gasteiger partial charge in [-0.25, -0.2) is 13.1 Å². The molecule has 116 valence electrons. The Bertz CT molecular complexity index is 598. The maximum absolute atomic E-state index is 12.4. The van der Waals surface area contributed by atoms with Crippen molar-refractivity contribution in [1.29, 1.82) is 0 Å². The Kier molecular flexibility index (Phi) is 4.97. The number of ether oxygens (including phenoxy) is 1. The van der Waals surface area contributed by atoms with E-state index in [2.05, 4.69) is 4.72 Å². The van der Waals surface area contributed by atoms with Crippen molar-refractivity contribution in [2.75, 3.05) is 26.7 Å². The fraction of sp³-hybridized carbons (Fsp3) is 0.500. The Morgan fingerprint density at radius 2 is 2.05 bits per heavy atom. The standard InChI is InChI=1S/C14H20N2O4S/c1-3-12-10-16(8-9-20-12)14(17)11-4-6-13(7-5-11)21(18,19)15-2/h4-7,12,15H,3,8-10H2,1-2H3/t12-/m0/s1. The van der Waals surface area contributed by atoms with Gasteiger partial charge in [0.1, 0.15) is 0 Å². The molecule has 1 fully saturated rings. The predicted octanol–water partition coefficient (Wildman–Crippen LogP) is 0.846. The molecule has 0 saturated carbocycles. The monoisotopic (exact) mass is 312 g/mol. The van der Waals surface area contributed by atoms with Gasteiger partial charge in [-0.15, -0.1) is 0 Å². The molecule has 6 nitrogen and oxygen atoms in total. The first-order valence-corrected chi connectivity index (χ1v) is 8.40. The van der Waals surface area contributed by atoms with Crippen LogP contribution < -0.4 is 4.72 Å². The van der Waals surface area contributed by atoms with Crippen LogP contribution in [0.4, 0.5) is 0 Å². The van der Waals surface area contributed by atoms with E-state index in [0.717, 1.165) is 6.42 Å². The van der Waals surface area contributed by atoms with Crippen LogP contribution in [0.3, 0.4) is 0 Å². The maximum atomic E-state index is 12.4. The number of morpholine rings is 1. The Hall–Kier alpha value is -1.44. The van der Waals surface area contributed by atoms with Crippen LogP contribution in [0.15, 0.2) is 29.2 Å². The van der Waals surface area contributed by atoms with Crippen molar-refractivity contribution >= 4 is 15.9 Å². The smallest absolute Gasteiger partial charge is 0.254 e. The number of rotatable bonds is 4. The number of benzene rings is 1. The number of hydrogen-bond donors (Lipinski definition) is 1. The highest BCUT2D eigenvalue weighted by Gasteiger charge is 2.24. The number of nitrogens with zero attached hydrogens (tertiary/aromatic N) is 1. The molecule has 0 aromatic heterocycles. The van der Waals surface area contributed by atoms with Crippen LogP contribution in [-0.2, 0) is 14.8 Å². The minimum Gasteiger partial charge on any atom is -0.375 e. The number of carbonyl (C=O) groups excluding carboxylic acids is 1. The Labute approximate surface area is 125 Å². The van der Waals surface area contributed by atoms with Gasteiger partial charge in [-0.3, -0.25) is 4.79 Å². The summed E-state index contributed by atoms with van der Waals surface area (Å²) in [4.78, 5) is 14.3. The van der Waals surface area contributed by atoms with Gasteiger partial charge in [0.05, 0.1) is 17.6 Å². The lowest BCUT2D eigenvalue weighted by Crippen LogP contribution is -2.45. The van der Waals surface area contributed by atoms with E-state index in [9.17, 15) is 13.2 Å². The van der Waals surface area contributed by atoms with Gasteiger partial charge in [-0.1, -0.05) is 6.92 Å². The van der Waals surface area contributed by atoms with Crippen molar-refractivity contribution in [2.24, 2.45) is 0 Å². The lowest BCUT2D eigenvalue weighted by Gasteiger charge is -2.32. The van der Waals surface area contributed by atoms with Gasteiger partial charge in [0.15, 0.2) is 0 Å². The van der Waals surface area contributed by atoms with Gasteiger partial charge in [0.2, 0.25) is 10.0 Å². The van der Waals surface area contributed by atoms with E-state index in [1.54, 1.807) is 17.0 Å². The number of amides is 1. The topological polar surface area (TPSA) is 75.7 Å². The number of nitrogens with one attached hydrogen (secondary N) is 1.